The Morgan fingerprint density at radius 2 is 1.34 bits per heavy atom. The number of para-hydroxylation sites is 1. The van der Waals surface area contributed by atoms with Crippen molar-refractivity contribution in [3.8, 4) is 0 Å². The maximum atomic E-state index is 12.4. The van der Waals surface area contributed by atoms with E-state index in [4.69, 9.17) is 0 Å². The van der Waals surface area contributed by atoms with Crippen LogP contribution < -0.4 is 27.0 Å². The second-order valence-corrected chi connectivity index (χ2v) is 7.68. The third kappa shape index (κ3) is 7.03. The Labute approximate surface area is 201 Å². The van der Waals surface area contributed by atoms with E-state index in [2.05, 4.69) is 26.3 Å². The molecule has 0 fully saturated rings. The van der Waals surface area contributed by atoms with Crippen LogP contribution >= 0.6 is 0 Å². The molecule has 1 heterocycles. The van der Waals surface area contributed by atoms with Crippen LogP contribution in [0, 0.1) is 0 Å². The van der Waals surface area contributed by atoms with Gasteiger partial charge in [-0.25, -0.2) is 19.4 Å². The topological polar surface area (TPSA) is 117 Å². The Hall–Kier alpha value is -4.92. The molecule has 35 heavy (non-hydrogen) atoms. The monoisotopic (exact) mass is 468 g/mol. The van der Waals surface area contributed by atoms with Gasteiger partial charge in [-0.15, -0.1) is 0 Å². The van der Waals surface area contributed by atoms with Crippen LogP contribution in [0.5, 0.6) is 0 Å². The number of amides is 4. The molecule has 0 saturated heterocycles. The molecule has 0 aliphatic rings. The highest BCUT2D eigenvalue weighted by molar-refractivity contribution is 5.99. The number of carbonyl (C=O) groups excluding carboxylic acids is 2. The maximum Gasteiger partial charge on any atom is 0.347 e. The Balaban J connectivity index is 1.29. The van der Waals surface area contributed by atoms with E-state index >= 15 is 0 Å². The van der Waals surface area contributed by atoms with Crippen molar-refractivity contribution >= 4 is 29.1 Å². The summed E-state index contributed by atoms with van der Waals surface area (Å²) >= 11 is 0. The van der Waals surface area contributed by atoms with Crippen molar-refractivity contribution in [2.24, 2.45) is 0 Å². The molecule has 9 heteroatoms. The molecule has 176 valence electrons. The summed E-state index contributed by atoms with van der Waals surface area (Å²) in [6, 6.07) is 24.6. The molecule has 9 nitrogen and oxygen atoms in total. The normalized spacial score (nSPS) is 10.3. The van der Waals surface area contributed by atoms with Gasteiger partial charge in [0, 0.05) is 36.0 Å². The van der Waals surface area contributed by atoms with E-state index in [1.165, 1.54) is 10.8 Å². The zero-order valence-corrected chi connectivity index (χ0v) is 18.8. The molecule has 0 saturated carbocycles. The Bertz CT molecular complexity index is 1370. The zero-order chi connectivity index (χ0) is 24.5. The van der Waals surface area contributed by atoms with Crippen molar-refractivity contribution in [3.05, 3.63) is 119 Å². The molecule has 1 aromatic heterocycles. The Morgan fingerprint density at radius 3 is 2.09 bits per heavy atom. The van der Waals surface area contributed by atoms with Crippen molar-refractivity contribution in [1.82, 2.24) is 14.9 Å². The quantitative estimate of drug-likeness (QED) is 0.324. The average molecular weight is 469 g/mol. The fourth-order valence-electron chi connectivity index (χ4n) is 3.38. The smallest absolute Gasteiger partial charge is 0.334 e. The second kappa shape index (κ2) is 11.3. The first kappa shape index (κ1) is 23.2. The molecule has 4 rings (SSSR count). The SMILES string of the molecule is O=C(NCc1cccc(NC(=O)Nc2ccccc2)c1)Nc1cccc(Cn2cccnc2=O)c1. The highest BCUT2D eigenvalue weighted by atomic mass is 16.2. The number of nitrogens with zero attached hydrogens (tertiary/aromatic N) is 2. The lowest BCUT2D eigenvalue weighted by Crippen LogP contribution is -2.28. The summed E-state index contributed by atoms with van der Waals surface area (Å²) in [7, 11) is 0. The van der Waals surface area contributed by atoms with Crippen molar-refractivity contribution in [1.29, 1.82) is 0 Å². The first-order valence-corrected chi connectivity index (χ1v) is 10.9. The third-order valence-corrected chi connectivity index (χ3v) is 4.99. The van der Waals surface area contributed by atoms with E-state index in [9.17, 15) is 14.4 Å². The lowest BCUT2D eigenvalue weighted by Gasteiger charge is -2.11. The number of hydrogen-bond donors (Lipinski definition) is 4. The Morgan fingerprint density at radius 1 is 0.714 bits per heavy atom. The number of benzene rings is 3. The molecule has 0 atom stereocenters. The summed E-state index contributed by atoms with van der Waals surface area (Å²) < 4.78 is 1.49. The summed E-state index contributed by atoms with van der Waals surface area (Å²) in [6.45, 7) is 0.619. The number of aromatic nitrogens is 2. The molecule has 3 aromatic carbocycles. The lowest BCUT2D eigenvalue weighted by atomic mass is 10.2. The van der Waals surface area contributed by atoms with E-state index in [0.717, 1.165) is 11.1 Å². The average Bonchev–Trinajstić information content (AvgIpc) is 2.85. The molecule has 0 radical (unpaired) electrons. The van der Waals surface area contributed by atoms with E-state index in [0.29, 0.717) is 23.6 Å². The van der Waals surface area contributed by atoms with Crippen molar-refractivity contribution in [2.45, 2.75) is 13.1 Å². The van der Waals surface area contributed by atoms with Gasteiger partial charge in [-0.2, -0.15) is 0 Å². The molecule has 0 unspecified atom stereocenters. The van der Waals surface area contributed by atoms with Gasteiger partial charge in [0.1, 0.15) is 0 Å². The molecule has 0 aliphatic heterocycles. The molecule has 4 N–H and O–H groups in total. The molecular weight excluding hydrogens is 444 g/mol. The van der Waals surface area contributed by atoms with Crippen LogP contribution in [-0.2, 0) is 13.1 Å². The first-order valence-electron chi connectivity index (χ1n) is 10.9. The largest absolute Gasteiger partial charge is 0.347 e. The van der Waals surface area contributed by atoms with Crippen LogP contribution in [0.25, 0.3) is 0 Å². The van der Waals surface area contributed by atoms with Gasteiger partial charge in [-0.05, 0) is 53.6 Å². The van der Waals surface area contributed by atoms with E-state index < -0.39 is 0 Å². The van der Waals surface area contributed by atoms with E-state index in [-0.39, 0.29) is 24.3 Å². The zero-order valence-electron chi connectivity index (χ0n) is 18.8. The predicted molar refractivity (Wildman–Crippen MR) is 135 cm³/mol. The van der Waals surface area contributed by atoms with E-state index in [1.54, 1.807) is 54.7 Å². The van der Waals surface area contributed by atoms with Crippen molar-refractivity contribution in [3.63, 3.8) is 0 Å². The Kier molecular flexibility index (Phi) is 7.49. The number of hydrogen-bond acceptors (Lipinski definition) is 4. The first-order chi connectivity index (χ1) is 17.0. The van der Waals surface area contributed by atoms with Crippen molar-refractivity contribution in [2.75, 3.05) is 16.0 Å². The number of carbonyl (C=O) groups is 2. The lowest BCUT2D eigenvalue weighted by molar-refractivity contribution is 0.251. The van der Waals surface area contributed by atoms with Crippen LogP contribution in [-0.4, -0.2) is 21.6 Å². The molecule has 0 bridgehead atoms. The van der Waals surface area contributed by atoms with Gasteiger partial charge >= 0.3 is 17.8 Å². The molecule has 0 spiro atoms. The minimum Gasteiger partial charge on any atom is -0.334 e. The van der Waals surface area contributed by atoms with Gasteiger partial charge < -0.3 is 21.3 Å². The van der Waals surface area contributed by atoms with Crippen molar-refractivity contribution < 1.29 is 9.59 Å². The summed E-state index contributed by atoms with van der Waals surface area (Å²) in [4.78, 5) is 40.2. The highest BCUT2D eigenvalue weighted by Gasteiger charge is 2.06. The summed E-state index contributed by atoms with van der Waals surface area (Å²) in [5.74, 6) is 0. The van der Waals surface area contributed by atoms with Crippen LogP contribution in [0.15, 0.2) is 102 Å². The minimum absolute atomic E-state index is 0.270. The molecular formula is C26H24N6O3. The molecule has 4 aromatic rings. The van der Waals surface area contributed by atoms with Gasteiger partial charge in [-0.3, -0.25) is 4.57 Å². The summed E-state index contributed by atoms with van der Waals surface area (Å²) in [5.41, 5.74) is 3.24. The van der Waals surface area contributed by atoms with Gasteiger partial charge in [-0.1, -0.05) is 42.5 Å². The summed E-state index contributed by atoms with van der Waals surface area (Å²) in [5, 5.41) is 11.1. The van der Waals surface area contributed by atoms with Gasteiger partial charge in [0.25, 0.3) is 0 Å². The maximum absolute atomic E-state index is 12.4. The predicted octanol–water partition coefficient (Wildman–Crippen LogP) is 4.26. The highest BCUT2D eigenvalue weighted by Crippen LogP contribution is 2.14. The number of urea groups is 2. The van der Waals surface area contributed by atoms with Gasteiger partial charge in [0.05, 0.1) is 6.54 Å². The minimum atomic E-state index is -0.374. The van der Waals surface area contributed by atoms with Gasteiger partial charge in [0.15, 0.2) is 0 Å². The van der Waals surface area contributed by atoms with Crippen LogP contribution in [0.3, 0.4) is 0 Å². The third-order valence-electron chi connectivity index (χ3n) is 4.99. The fraction of sp³-hybridized carbons (Fsp3) is 0.0769. The molecule has 4 amide bonds. The summed E-state index contributed by atoms with van der Waals surface area (Å²) in [6.07, 6.45) is 3.11. The molecule has 0 aliphatic carbocycles. The van der Waals surface area contributed by atoms with Crippen LogP contribution in [0.2, 0.25) is 0 Å². The van der Waals surface area contributed by atoms with Crippen LogP contribution in [0.1, 0.15) is 11.1 Å². The van der Waals surface area contributed by atoms with E-state index in [1.807, 2.05) is 36.4 Å². The van der Waals surface area contributed by atoms with Gasteiger partial charge in [0.2, 0.25) is 0 Å². The number of nitrogens with one attached hydrogen (secondary N) is 4. The second-order valence-electron chi connectivity index (χ2n) is 7.68. The fourth-order valence-corrected chi connectivity index (χ4v) is 3.38. The standard InChI is InChI=1S/C26H24N6O3/c33-24(30-23-12-5-8-20(16-23)18-32-14-6-13-27-26(32)35)28-17-19-7-4-11-22(15-19)31-25(34)29-21-9-2-1-3-10-21/h1-16H,17-18H2,(H2,28,30,33)(H2,29,31,34). The van der Waals surface area contributed by atoms with Crippen LogP contribution in [0.4, 0.5) is 26.7 Å². The number of anilines is 3. The number of rotatable bonds is 7.